The number of aromatic nitrogens is 1. The molecule has 3 heteroatoms. The van der Waals surface area contributed by atoms with Gasteiger partial charge in [0.25, 0.3) is 0 Å². The molecule has 0 aliphatic heterocycles. The van der Waals surface area contributed by atoms with Gasteiger partial charge in [-0.05, 0) is 52.2 Å². The maximum Gasteiger partial charge on any atom is 0.0489 e. The second-order valence-corrected chi connectivity index (χ2v) is 5.55. The molecule has 3 aromatic rings. The molecule has 0 aliphatic carbocycles. The fourth-order valence-electron chi connectivity index (χ4n) is 2.24. The summed E-state index contributed by atoms with van der Waals surface area (Å²) in [7, 11) is 0. The van der Waals surface area contributed by atoms with Crippen LogP contribution in [-0.4, -0.2) is 4.98 Å². The highest BCUT2D eigenvalue weighted by atomic mass is 79.9. The molecule has 19 heavy (non-hydrogen) atoms. The van der Waals surface area contributed by atoms with E-state index in [9.17, 15) is 0 Å². The normalized spacial score (nSPS) is 10.8. The fourth-order valence-corrected chi connectivity index (χ4v) is 2.63. The quantitative estimate of drug-likeness (QED) is 0.710. The van der Waals surface area contributed by atoms with Crippen LogP contribution >= 0.6 is 15.9 Å². The number of hydrogen-bond acceptors (Lipinski definition) is 1. The van der Waals surface area contributed by atoms with E-state index in [4.69, 9.17) is 0 Å². The molecule has 0 fully saturated rings. The van der Waals surface area contributed by atoms with Crippen LogP contribution in [0.5, 0.6) is 0 Å². The Morgan fingerprint density at radius 2 is 2.00 bits per heavy atom. The number of hydrogen-bond donors (Lipinski definition) is 2. The smallest absolute Gasteiger partial charge is 0.0489 e. The van der Waals surface area contributed by atoms with Crippen molar-refractivity contribution in [1.82, 2.24) is 4.98 Å². The summed E-state index contributed by atoms with van der Waals surface area (Å²) < 4.78 is 1.10. The predicted molar refractivity (Wildman–Crippen MR) is 84.5 cm³/mol. The van der Waals surface area contributed by atoms with Gasteiger partial charge >= 0.3 is 0 Å². The first kappa shape index (κ1) is 12.3. The lowest BCUT2D eigenvalue weighted by Crippen LogP contribution is -1.99. The van der Waals surface area contributed by atoms with Gasteiger partial charge in [0.15, 0.2) is 0 Å². The summed E-state index contributed by atoms with van der Waals surface area (Å²) in [6, 6.07) is 14.7. The maximum absolute atomic E-state index is 3.57. The van der Waals surface area contributed by atoms with E-state index in [0.29, 0.717) is 0 Å². The summed E-state index contributed by atoms with van der Waals surface area (Å²) in [6.07, 6.45) is 2.07. The third kappa shape index (κ3) is 2.51. The minimum Gasteiger partial charge on any atom is -0.380 e. The summed E-state index contributed by atoms with van der Waals surface area (Å²) in [6.45, 7) is 2.91. The van der Waals surface area contributed by atoms with Crippen LogP contribution in [0, 0.1) is 6.92 Å². The van der Waals surface area contributed by atoms with Gasteiger partial charge in [-0.25, -0.2) is 0 Å². The van der Waals surface area contributed by atoms with Crippen molar-refractivity contribution in [3.8, 4) is 0 Å². The van der Waals surface area contributed by atoms with Crippen molar-refractivity contribution in [2.24, 2.45) is 0 Å². The van der Waals surface area contributed by atoms with Crippen molar-refractivity contribution >= 4 is 32.5 Å². The SMILES string of the molecule is Cc1ccc(Br)c(NCc2c[nH]c3ccccc23)c1. The average Bonchev–Trinajstić information content (AvgIpc) is 2.83. The zero-order valence-corrected chi connectivity index (χ0v) is 12.3. The van der Waals surface area contributed by atoms with Gasteiger partial charge in [0.2, 0.25) is 0 Å². The van der Waals surface area contributed by atoms with E-state index < -0.39 is 0 Å². The van der Waals surface area contributed by atoms with Crippen molar-refractivity contribution in [1.29, 1.82) is 0 Å². The molecule has 2 N–H and O–H groups in total. The molecule has 96 valence electrons. The number of H-pyrrole nitrogens is 1. The molecule has 0 aliphatic rings. The van der Waals surface area contributed by atoms with Gasteiger partial charge in [0, 0.05) is 33.8 Å². The van der Waals surface area contributed by atoms with Crippen LogP contribution in [0.25, 0.3) is 10.9 Å². The summed E-state index contributed by atoms with van der Waals surface area (Å²) in [5.74, 6) is 0. The molecule has 1 aromatic heterocycles. The van der Waals surface area contributed by atoms with Crippen molar-refractivity contribution in [2.75, 3.05) is 5.32 Å². The van der Waals surface area contributed by atoms with E-state index in [1.807, 2.05) is 6.07 Å². The number of benzene rings is 2. The first-order valence-electron chi connectivity index (χ1n) is 6.29. The lowest BCUT2D eigenvalue weighted by Gasteiger charge is -2.09. The van der Waals surface area contributed by atoms with Gasteiger partial charge in [-0.2, -0.15) is 0 Å². The second-order valence-electron chi connectivity index (χ2n) is 4.70. The minimum absolute atomic E-state index is 0.812. The molecule has 0 saturated heterocycles. The number of anilines is 1. The molecule has 2 aromatic carbocycles. The van der Waals surface area contributed by atoms with Crippen LogP contribution in [-0.2, 0) is 6.54 Å². The highest BCUT2D eigenvalue weighted by Crippen LogP contribution is 2.25. The number of aromatic amines is 1. The summed E-state index contributed by atoms with van der Waals surface area (Å²) in [5.41, 5.74) is 4.85. The Morgan fingerprint density at radius 3 is 2.89 bits per heavy atom. The van der Waals surface area contributed by atoms with Crippen LogP contribution in [0.4, 0.5) is 5.69 Å². The van der Waals surface area contributed by atoms with Crippen LogP contribution in [0.1, 0.15) is 11.1 Å². The predicted octanol–water partition coefficient (Wildman–Crippen LogP) is 4.85. The van der Waals surface area contributed by atoms with E-state index in [1.165, 1.54) is 22.0 Å². The van der Waals surface area contributed by atoms with Gasteiger partial charge in [0.1, 0.15) is 0 Å². The lowest BCUT2D eigenvalue weighted by atomic mass is 10.1. The molecular formula is C16H15BrN2. The molecule has 0 amide bonds. The Labute approximate surface area is 121 Å². The van der Waals surface area contributed by atoms with Gasteiger partial charge in [-0.15, -0.1) is 0 Å². The standard InChI is InChI=1S/C16H15BrN2/c1-11-6-7-14(17)16(8-11)19-10-12-9-18-15-5-3-2-4-13(12)15/h2-9,18-19H,10H2,1H3. The first-order chi connectivity index (χ1) is 9.24. The summed E-state index contributed by atoms with van der Waals surface area (Å²) in [5, 5.41) is 4.76. The monoisotopic (exact) mass is 314 g/mol. The average molecular weight is 315 g/mol. The van der Waals surface area contributed by atoms with E-state index in [-0.39, 0.29) is 0 Å². The lowest BCUT2D eigenvalue weighted by molar-refractivity contribution is 1.16. The molecule has 1 heterocycles. The third-order valence-corrected chi connectivity index (χ3v) is 3.96. The largest absolute Gasteiger partial charge is 0.380 e. The third-order valence-electron chi connectivity index (χ3n) is 3.27. The zero-order valence-electron chi connectivity index (χ0n) is 10.7. The Morgan fingerprint density at radius 1 is 1.16 bits per heavy atom. The molecule has 0 saturated carbocycles. The van der Waals surface area contributed by atoms with Crippen molar-refractivity contribution < 1.29 is 0 Å². The zero-order chi connectivity index (χ0) is 13.2. The van der Waals surface area contributed by atoms with Crippen molar-refractivity contribution in [2.45, 2.75) is 13.5 Å². The number of halogens is 1. The molecule has 0 atom stereocenters. The molecule has 0 unspecified atom stereocenters. The van der Waals surface area contributed by atoms with Crippen LogP contribution < -0.4 is 5.32 Å². The van der Waals surface area contributed by atoms with Crippen LogP contribution in [0.3, 0.4) is 0 Å². The Bertz CT molecular complexity index is 716. The molecule has 0 bridgehead atoms. The van der Waals surface area contributed by atoms with E-state index in [1.54, 1.807) is 0 Å². The summed E-state index contributed by atoms with van der Waals surface area (Å²) in [4.78, 5) is 3.30. The number of aryl methyl sites for hydroxylation is 1. The molecule has 3 rings (SSSR count). The van der Waals surface area contributed by atoms with E-state index >= 15 is 0 Å². The molecule has 2 nitrogen and oxygen atoms in total. The van der Waals surface area contributed by atoms with Gasteiger partial charge < -0.3 is 10.3 Å². The maximum atomic E-state index is 3.57. The summed E-state index contributed by atoms with van der Waals surface area (Å²) >= 11 is 3.57. The van der Waals surface area contributed by atoms with Crippen molar-refractivity contribution in [3.05, 3.63) is 64.3 Å². The topological polar surface area (TPSA) is 27.8 Å². The minimum atomic E-state index is 0.812. The first-order valence-corrected chi connectivity index (χ1v) is 7.08. The number of rotatable bonds is 3. The Kier molecular flexibility index (Phi) is 3.30. The molecule has 0 radical (unpaired) electrons. The number of fused-ring (bicyclic) bond motifs is 1. The van der Waals surface area contributed by atoms with E-state index in [0.717, 1.165) is 16.7 Å². The second kappa shape index (κ2) is 5.10. The Hall–Kier alpha value is -1.74. The van der Waals surface area contributed by atoms with Crippen LogP contribution in [0.15, 0.2) is 53.1 Å². The molecular weight excluding hydrogens is 300 g/mol. The van der Waals surface area contributed by atoms with Crippen LogP contribution in [0.2, 0.25) is 0 Å². The van der Waals surface area contributed by atoms with Crippen molar-refractivity contribution in [3.63, 3.8) is 0 Å². The highest BCUT2D eigenvalue weighted by Gasteiger charge is 2.04. The van der Waals surface area contributed by atoms with E-state index in [2.05, 4.69) is 75.7 Å². The van der Waals surface area contributed by atoms with Gasteiger partial charge in [-0.1, -0.05) is 24.3 Å². The fraction of sp³-hybridized carbons (Fsp3) is 0.125. The Balaban J connectivity index is 1.84. The van der Waals surface area contributed by atoms with Gasteiger partial charge in [-0.3, -0.25) is 0 Å². The molecule has 0 spiro atoms. The highest BCUT2D eigenvalue weighted by molar-refractivity contribution is 9.10. The number of para-hydroxylation sites is 1. The van der Waals surface area contributed by atoms with Gasteiger partial charge in [0.05, 0.1) is 0 Å². The number of nitrogens with one attached hydrogen (secondary N) is 2.